The monoisotopic (exact) mass is 986 g/mol. The topological polar surface area (TPSA) is 95.9 Å². The average Bonchev–Trinajstić information content (AvgIpc) is 3.36. The fraction of sp³-hybridized carbons (Fsp3) is 0.906. The fourth-order valence-corrected chi connectivity index (χ4v) is 9.87. The van der Waals surface area contributed by atoms with Crippen molar-refractivity contribution in [2.45, 2.75) is 360 Å². The molecule has 0 aromatic carbocycles. The van der Waals surface area contributed by atoms with Crippen molar-refractivity contribution in [3.05, 3.63) is 24.3 Å². The van der Waals surface area contributed by atoms with Crippen LogP contribution in [0.15, 0.2) is 24.3 Å². The molecule has 0 aromatic rings. The number of unbranched alkanes of at least 4 members (excludes halogenated alkanes) is 46. The molecule has 0 saturated carbocycles. The number of ether oxygens (including phenoxy) is 1. The number of nitrogens with one attached hydrogen (secondary N) is 1. The summed E-state index contributed by atoms with van der Waals surface area (Å²) in [6.45, 7) is 4.92. The van der Waals surface area contributed by atoms with Gasteiger partial charge in [-0.1, -0.05) is 301 Å². The zero-order valence-electron chi connectivity index (χ0n) is 47.3. The van der Waals surface area contributed by atoms with E-state index >= 15 is 0 Å². The third-order valence-electron chi connectivity index (χ3n) is 14.7. The van der Waals surface area contributed by atoms with E-state index in [-0.39, 0.29) is 18.5 Å². The largest absolute Gasteiger partial charge is 0.466 e. The Morgan fingerprint density at radius 1 is 0.386 bits per heavy atom. The zero-order chi connectivity index (χ0) is 50.7. The number of amides is 1. The van der Waals surface area contributed by atoms with Gasteiger partial charge in [0.15, 0.2) is 0 Å². The summed E-state index contributed by atoms with van der Waals surface area (Å²) in [5.74, 6) is -0.0655. The number of hydrogen-bond acceptors (Lipinski definition) is 5. The first-order valence-electron chi connectivity index (χ1n) is 31.6. The molecule has 0 bridgehead atoms. The summed E-state index contributed by atoms with van der Waals surface area (Å²) in [4.78, 5) is 24.6. The van der Waals surface area contributed by atoms with Gasteiger partial charge in [-0.2, -0.15) is 0 Å². The summed E-state index contributed by atoms with van der Waals surface area (Å²) in [7, 11) is 0. The number of aliphatic hydroxyl groups excluding tert-OH is 2. The van der Waals surface area contributed by atoms with Gasteiger partial charge in [0.1, 0.15) is 0 Å². The van der Waals surface area contributed by atoms with Gasteiger partial charge < -0.3 is 20.3 Å². The predicted molar refractivity (Wildman–Crippen MR) is 306 cm³/mol. The lowest BCUT2D eigenvalue weighted by atomic mass is 10.0. The maximum Gasteiger partial charge on any atom is 0.305 e. The van der Waals surface area contributed by atoms with Crippen LogP contribution in [0.2, 0.25) is 0 Å². The molecule has 6 nitrogen and oxygen atoms in total. The van der Waals surface area contributed by atoms with Crippen LogP contribution < -0.4 is 5.32 Å². The summed E-state index contributed by atoms with van der Waals surface area (Å²) in [6, 6.07) is -0.631. The van der Waals surface area contributed by atoms with E-state index in [4.69, 9.17) is 4.74 Å². The van der Waals surface area contributed by atoms with Crippen molar-refractivity contribution in [3.63, 3.8) is 0 Å². The molecule has 6 heteroatoms. The molecule has 70 heavy (non-hydrogen) atoms. The molecule has 0 fully saturated rings. The minimum Gasteiger partial charge on any atom is -0.466 e. The van der Waals surface area contributed by atoms with Gasteiger partial charge in [-0.15, -0.1) is 0 Å². The molecule has 0 saturated heterocycles. The molecule has 0 heterocycles. The molecule has 1 amide bonds. The van der Waals surface area contributed by atoms with Crippen LogP contribution in [0, 0.1) is 0 Å². The minimum absolute atomic E-state index is 0.00415. The summed E-state index contributed by atoms with van der Waals surface area (Å²) in [6.07, 6.45) is 73.6. The van der Waals surface area contributed by atoms with Crippen LogP contribution in [0.4, 0.5) is 0 Å². The number of hydrogen-bond donors (Lipinski definition) is 3. The number of esters is 1. The first-order valence-corrected chi connectivity index (χ1v) is 31.6. The molecule has 3 N–H and O–H groups in total. The SMILES string of the molecule is CCCCCCCCC/C=C\CCCCCCCCCC(=O)OCCCCCCCCCCCCCCCCCCCCC(=O)NC(CO)C(O)/C=C/CCCCCCCCCCCCCCCCC. The van der Waals surface area contributed by atoms with Gasteiger partial charge in [0.2, 0.25) is 5.91 Å². The fourth-order valence-electron chi connectivity index (χ4n) is 9.87. The van der Waals surface area contributed by atoms with Crippen molar-refractivity contribution in [1.29, 1.82) is 0 Å². The summed E-state index contributed by atoms with van der Waals surface area (Å²) < 4.78 is 5.49. The molecular weight excluding hydrogens is 863 g/mol. The van der Waals surface area contributed by atoms with E-state index in [2.05, 4.69) is 31.3 Å². The van der Waals surface area contributed by atoms with Crippen molar-refractivity contribution < 1.29 is 24.5 Å². The van der Waals surface area contributed by atoms with Crippen molar-refractivity contribution >= 4 is 11.9 Å². The summed E-state index contributed by atoms with van der Waals surface area (Å²) >= 11 is 0. The second-order valence-electron chi connectivity index (χ2n) is 21.7. The summed E-state index contributed by atoms with van der Waals surface area (Å²) in [5.41, 5.74) is 0. The first-order chi connectivity index (χ1) is 34.5. The Labute approximate surface area is 437 Å². The van der Waals surface area contributed by atoms with Crippen molar-refractivity contribution in [3.8, 4) is 0 Å². The molecule has 0 spiro atoms. The standard InChI is InChI=1S/C64H123NO5/c1-3-5-7-9-11-13-15-17-19-21-26-30-34-38-42-46-50-54-58-64(69)70-59-55-51-47-43-39-35-31-27-23-22-25-29-33-37-41-45-49-53-57-63(68)65-61(60-66)62(67)56-52-48-44-40-36-32-28-24-20-18-16-14-12-10-8-6-4-2/h19,21,52,56,61-62,66-67H,3-18,20,22-51,53-55,57-60H2,1-2H3,(H,65,68)/b21-19-,56-52+. The highest BCUT2D eigenvalue weighted by Crippen LogP contribution is 2.18. The van der Waals surface area contributed by atoms with Crippen molar-refractivity contribution in [2.24, 2.45) is 0 Å². The van der Waals surface area contributed by atoms with E-state index < -0.39 is 12.1 Å². The Hall–Kier alpha value is -1.66. The van der Waals surface area contributed by atoms with Crippen LogP contribution in [-0.2, 0) is 14.3 Å². The van der Waals surface area contributed by atoms with Gasteiger partial charge in [0.25, 0.3) is 0 Å². The molecule has 0 aliphatic carbocycles. The van der Waals surface area contributed by atoms with E-state index in [1.165, 1.54) is 276 Å². The van der Waals surface area contributed by atoms with Crippen LogP contribution in [-0.4, -0.2) is 47.4 Å². The van der Waals surface area contributed by atoms with Crippen LogP contribution in [0.25, 0.3) is 0 Å². The molecule has 0 aliphatic rings. The van der Waals surface area contributed by atoms with Gasteiger partial charge in [-0.3, -0.25) is 9.59 Å². The van der Waals surface area contributed by atoms with Gasteiger partial charge in [0.05, 0.1) is 25.4 Å². The van der Waals surface area contributed by atoms with Crippen LogP contribution in [0.3, 0.4) is 0 Å². The molecule has 0 radical (unpaired) electrons. The van der Waals surface area contributed by atoms with Crippen molar-refractivity contribution in [2.75, 3.05) is 13.2 Å². The Morgan fingerprint density at radius 3 is 1.01 bits per heavy atom. The Bertz CT molecular complexity index is 1090. The molecule has 0 rings (SSSR count). The van der Waals surface area contributed by atoms with Gasteiger partial charge in [-0.05, 0) is 57.8 Å². The predicted octanol–water partition coefficient (Wildman–Crippen LogP) is 19.8. The highest BCUT2D eigenvalue weighted by atomic mass is 16.5. The smallest absolute Gasteiger partial charge is 0.305 e. The normalized spacial score (nSPS) is 12.7. The Kier molecular flexibility index (Phi) is 58.5. The quantitative estimate of drug-likeness (QED) is 0.0321. The number of aliphatic hydroxyl groups is 2. The maximum absolute atomic E-state index is 12.5. The minimum atomic E-state index is -0.847. The molecule has 414 valence electrons. The lowest BCUT2D eigenvalue weighted by molar-refractivity contribution is -0.143. The number of rotatable bonds is 59. The van der Waals surface area contributed by atoms with E-state index in [9.17, 15) is 19.8 Å². The number of allylic oxidation sites excluding steroid dienone is 3. The summed E-state index contributed by atoms with van der Waals surface area (Å²) in [5, 5.41) is 23.2. The molecule has 0 aliphatic heterocycles. The van der Waals surface area contributed by atoms with E-state index in [1.54, 1.807) is 6.08 Å². The van der Waals surface area contributed by atoms with Crippen molar-refractivity contribution in [1.82, 2.24) is 5.32 Å². The third kappa shape index (κ3) is 55.7. The molecule has 2 unspecified atom stereocenters. The van der Waals surface area contributed by atoms with Crippen LogP contribution in [0.5, 0.6) is 0 Å². The number of carbonyl (C=O) groups excluding carboxylic acids is 2. The molecule has 2 atom stereocenters. The highest BCUT2D eigenvalue weighted by molar-refractivity contribution is 5.76. The van der Waals surface area contributed by atoms with Crippen LogP contribution in [0.1, 0.15) is 348 Å². The lowest BCUT2D eigenvalue weighted by Crippen LogP contribution is -2.45. The Morgan fingerprint density at radius 2 is 0.671 bits per heavy atom. The van der Waals surface area contributed by atoms with E-state index in [0.717, 1.165) is 44.9 Å². The van der Waals surface area contributed by atoms with Gasteiger partial charge in [-0.25, -0.2) is 0 Å². The maximum atomic E-state index is 12.5. The van der Waals surface area contributed by atoms with Crippen LogP contribution >= 0.6 is 0 Å². The first kappa shape index (κ1) is 68.3. The number of carbonyl (C=O) groups is 2. The van der Waals surface area contributed by atoms with E-state index in [0.29, 0.717) is 19.4 Å². The molecule has 0 aromatic heterocycles. The third-order valence-corrected chi connectivity index (χ3v) is 14.7. The van der Waals surface area contributed by atoms with Gasteiger partial charge in [0, 0.05) is 12.8 Å². The Balaban J connectivity index is 3.42. The van der Waals surface area contributed by atoms with E-state index in [1.807, 2.05) is 6.08 Å². The average molecular weight is 987 g/mol. The zero-order valence-corrected chi connectivity index (χ0v) is 47.3. The molecular formula is C64H123NO5. The van der Waals surface area contributed by atoms with Gasteiger partial charge >= 0.3 is 5.97 Å². The highest BCUT2D eigenvalue weighted by Gasteiger charge is 2.18. The second kappa shape index (κ2) is 59.9. The lowest BCUT2D eigenvalue weighted by Gasteiger charge is -2.20. The second-order valence-corrected chi connectivity index (χ2v) is 21.7.